The van der Waals surface area contributed by atoms with Crippen molar-refractivity contribution < 1.29 is 22.6 Å². The highest BCUT2D eigenvalue weighted by Crippen LogP contribution is 2.17. The first-order valence-corrected chi connectivity index (χ1v) is 7.67. The minimum atomic E-state index is -4.37. The molecular formula is C15H21F3N4O2. The van der Waals surface area contributed by atoms with Gasteiger partial charge < -0.3 is 20.1 Å². The third-order valence-electron chi connectivity index (χ3n) is 3.39. The quantitative estimate of drug-likeness (QED) is 0.608. The topological polar surface area (TPSA) is 67.8 Å². The molecule has 1 aliphatic rings. The summed E-state index contributed by atoms with van der Waals surface area (Å²) in [6, 6.07) is 3.06. The highest BCUT2D eigenvalue weighted by molar-refractivity contribution is 5.79. The fourth-order valence-electron chi connectivity index (χ4n) is 2.18. The summed E-state index contributed by atoms with van der Waals surface area (Å²) in [4.78, 5) is 7.96. The Morgan fingerprint density at radius 1 is 1.42 bits per heavy atom. The van der Waals surface area contributed by atoms with Gasteiger partial charge in [-0.3, -0.25) is 4.99 Å². The number of hydrogen-bond donors (Lipinski definition) is 2. The second-order valence-corrected chi connectivity index (χ2v) is 5.35. The van der Waals surface area contributed by atoms with Crippen LogP contribution in [0.3, 0.4) is 0 Å². The van der Waals surface area contributed by atoms with Gasteiger partial charge in [0.1, 0.15) is 0 Å². The van der Waals surface area contributed by atoms with Crippen LogP contribution in [0, 0.1) is 0 Å². The SMILES string of the molecule is CN=C(NCc1ccc(OCC(F)(F)F)nc1)NCC1CCCO1. The molecule has 1 aromatic rings. The summed E-state index contributed by atoms with van der Waals surface area (Å²) in [5.74, 6) is 0.569. The van der Waals surface area contributed by atoms with Crippen LogP contribution in [0.1, 0.15) is 18.4 Å². The van der Waals surface area contributed by atoms with E-state index in [-0.39, 0.29) is 12.0 Å². The molecule has 24 heavy (non-hydrogen) atoms. The van der Waals surface area contributed by atoms with Crippen LogP contribution in [0.4, 0.5) is 13.2 Å². The largest absolute Gasteiger partial charge is 0.468 e. The predicted molar refractivity (Wildman–Crippen MR) is 83.0 cm³/mol. The van der Waals surface area contributed by atoms with Gasteiger partial charge in [-0.25, -0.2) is 4.98 Å². The third-order valence-corrected chi connectivity index (χ3v) is 3.39. The van der Waals surface area contributed by atoms with Crippen LogP contribution in [-0.4, -0.2) is 50.0 Å². The predicted octanol–water partition coefficient (Wildman–Crippen LogP) is 1.87. The summed E-state index contributed by atoms with van der Waals surface area (Å²) in [6.07, 6.45) is -0.592. The molecule has 1 saturated heterocycles. The summed E-state index contributed by atoms with van der Waals surface area (Å²) in [7, 11) is 1.66. The zero-order valence-corrected chi connectivity index (χ0v) is 13.4. The van der Waals surface area contributed by atoms with E-state index >= 15 is 0 Å². The van der Waals surface area contributed by atoms with Crippen molar-refractivity contribution in [2.45, 2.75) is 31.7 Å². The normalized spacial score (nSPS) is 18.5. The van der Waals surface area contributed by atoms with Gasteiger partial charge in [0.25, 0.3) is 0 Å². The molecular weight excluding hydrogens is 325 g/mol. The maximum atomic E-state index is 12.1. The van der Waals surface area contributed by atoms with E-state index in [0.717, 1.165) is 25.0 Å². The van der Waals surface area contributed by atoms with Gasteiger partial charge >= 0.3 is 6.18 Å². The summed E-state index contributed by atoms with van der Waals surface area (Å²) < 4.78 is 46.3. The summed E-state index contributed by atoms with van der Waals surface area (Å²) >= 11 is 0. The van der Waals surface area contributed by atoms with Crippen molar-refractivity contribution in [2.24, 2.45) is 4.99 Å². The lowest BCUT2D eigenvalue weighted by Gasteiger charge is -2.15. The van der Waals surface area contributed by atoms with Crippen LogP contribution in [0.5, 0.6) is 5.88 Å². The molecule has 9 heteroatoms. The van der Waals surface area contributed by atoms with Crippen LogP contribution in [0.2, 0.25) is 0 Å². The molecule has 2 heterocycles. The van der Waals surface area contributed by atoms with E-state index in [1.165, 1.54) is 12.3 Å². The number of ether oxygens (including phenoxy) is 2. The van der Waals surface area contributed by atoms with E-state index in [4.69, 9.17) is 4.74 Å². The molecule has 0 bridgehead atoms. The molecule has 0 saturated carbocycles. The minimum Gasteiger partial charge on any atom is -0.468 e. The Labute approximate surface area is 138 Å². The van der Waals surface area contributed by atoms with E-state index in [1.807, 2.05) is 0 Å². The third kappa shape index (κ3) is 6.61. The molecule has 0 amide bonds. The van der Waals surface area contributed by atoms with Crippen molar-refractivity contribution in [3.8, 4) is 5.88 Å². The van der Waals surface area contributed by atoms with Gasteiger partial charge in [0, 0.05) is 39.0 Å². The van der Waals surface area contributed by atoms with Crippen LogP contribution in [-0.2, 0) is 11.3 Å². The van der Waals surface area contributed by atoms with Crippen molar-refractivity contribution in [1.29, 1.82) is 0 Å². The average molecular weight is 346 g/mol. The highest BCUT2D eigenvalue weighted by Gasteiger charge is 2.28. The van der Waals surface area contributed by atoms with E-state index < -0.39 is 12.8 Å². The number of hydrogen-bond acceptors (Lipinski definition) is 4. The fourth-order valence-corrected chi connectivity index (χ4v) is 2.18. The van der Waals surface area contributed by atoms with Crippen LogP contribution >= 0.6 is 0 Å². The molecule has 1 aliphatic heterocycles. The van der Waals surface area contributed by atoms with Gasteiger partial charge in [0.2, 0.25) is 5.88 Å². The van der Waals surface area contributed by atoms with Crippen molar-refractivity contribution in [3.05, 3.63) is 23.9 Å². The van der Waals surface area contributed by atoms with E-state index in [0.29, 0.717) is 19.0 Å². The molecule has 134 valence electrons. The minimum absolute atomic E-state index is 0.0584. The highest BCUT2D eigenvalue weighted by atomic mass is 19.4. The molecule has 2 N–H and O–H groups in total. The number of nitrogens with one attached hydrogen (secondary N) is 2. The number of guanidine groups is 1. The maximum Gasteiger partial charge on any atom is 0.422 e. The standard InChI is InChI=1S/C15H21F3N4O2/c1-19-14(22-9-12-3-2-6-23-12)21-8-11-4-5-13(20-7-11)24-10-15(16,17)18/h4-5,7,12H,2-3,6,8-10H2,1H3,(H2,19,21,22). The molecule has 0 aliphatic carbocycles. The lowest BCUT2D eigenvalue weighted by molar-refractivity contribution is -0.154. The Morgan fingerprint density at radius 3 is 2.83 bits per heavy atom. The fraction of sp³-hybridized carbons (Fsp3) is 0.600. The number of alkyl halides is 3. The number of halogens is 3. The van der Waals surface area contributed by atoms with Crippen molar-refractivity contribution in [3.63, 3.8) is 0 Å². The summed E-state index contributed by atoms with van der Waals surface area (Å²) in [6.45, 7) is 0.574. The van der Waals surface area contributed by atoms with Crippen molar-refractivity contribution in [1.82, 2.24) is 15.6 Å². The number of nitrogens with zero attached hydrogens (tertiary/aromatic N) is 2. The number of aliphatic imine (C=N–C) groups is 1. The van der Waals surface area contributed by atoms with Crippen LogP contribution in [0.25, 0.3) is 0 Å². The number of pyridine rings is 1. The second-order valence-electron chi connectivity index (χ2n) is 5.35. The Kier molecular flexibility index (Phi) is 6.65. The first kappa shape index (κ1) is 18.3. The maximum absolute atomic E-state index is 12.1. The average Bonchev–Trinajstić information content (AvgIpc) is 3.07. The molecule has 2 rings (SSSR count). The van der Waals surface area contributed by atoms with Crippen LogP contribution in [0.15, 0.2) is 23.3 Å². The van der Waals surface area contributed by atoms with Gasteiger partial charge in [-0.2, -0.15) is 13.2 Å². The number of aromatic nitrogens is 1. The lowest BCUT2D eigenvalue weighted by atomic mass is 10.2. The molecule has 1 aromatic heterocycles. The van der Waals surface area contributed by atoms with Crippen LogP contribution < -0.4 is 15.4 Å². The molecule has 0 radical (unpaired) electrons. The summed E-state index contributed by atoms with van der Waals surface area (Å²) in [5.41, 5.74) is 0.800. The first-order valence-electron chi connectivity index (χ1n) is 7.67. The van der Waals surface area contributed by atoms with Gasteiger partial charge in [0.15, 0.2) is 12.6 Å². The monoisotopic (exact) mass is 346 g/mol. The van der Waals surface area contributed by atoms with E-state index in [2.05, 4.69) is 25.3 Å². The van der Waals surface area contributed by atoms with Gasteiger partial charge in [0.05, 0.1) is 6.10 Å². The van der Waals surface area contributed by atoms with E-state index in [1.54, 1.807) is 13.1 Å². The number of rotatable bonds is 6. The molecule has 6 nitrogen and oxygen atoms in total. The van der Waals surface area contributed by atoms with Crippen molar-refractivity contribution in [2.75, 3.05) is 26.8 Å². The smallest absolute Gasteiger partial charge is 0.422 e. The Bertz CT molecular complexity index is 529. The zero-order valence-electron chi connectivity index (χ0n) is 13.4. The molecule has 1 fully saturated rings. The Hall–Kier alpha value is -2.03. The van der Waals surface area contributed by atoms with Crippen molar-refractivity contribution >= 4 is 5.96 Å². The lowest BCUT2D eigenvalue weighted by Crippen LogP contribution is -2.40. The molecule has 0 spiro atoms. The first-order chi connectivity index (χ1) is 11.5. The van der Waals surface area contributed by atoms with Gasteiger partial charge in [-0.15, -0.1) is 0 Å². The Balaban J connectivity index is 1.73. The zero-order chi connectivity index (χ0) is 17.4. The second kappa shape index (κ2) is 8.72. The molecule has 0 aromatic carbocycles. The summed E-state index contributed by atoms with van der Waals surface area (Å²) in [5, 5.41) is 6.28. The Morgan fingerprint density at radius 2 is 2.25 bits per heavy atom. The molecule has 1 unspecified atom stereocenters. The van der Waals surface area contributed by atoms with Gasteiger partial charge in [-0.05, 0) is 18.4 Å². The molecule has 1 atom stereocenters. The van der Waals surface area contributed by atoms with Gasteiger partial charge in [-0.1, -0.05) is 6.07 Å². The van der Waals surface area contributed by atoms with E-state index in [9.17, 15) is 13.2 Å².